The molecule has 2 rings (SSSR count). The Morgan fingerprint density at radius 3 is 1.52 bits per heavy atom. The summed E-state index contributed by atoms with van der Waals surface area (Å²) in [5.74, 6) is 2.05. The summed E-state index contributed by atoms with van der Waals surface area (Å²) in [5, 5.41) is 14.0. The fourth-order valence-corrected chi connectivity index (χ4v) is 2.57. The van der Waals surface area contributed by atoms with Crippen molar-refractivity contribution in [2.24, 2.45) is 11.8 Å². The van der Waals surface area contributed by atoms with E-state index in [1.54, 1.807) is 0 Å². The predicted molar refractivity (Wildman–Crippen MR) is 116 cm³/mol. The molecule has 2 nitrogen and oxygen atoms in total. The van der Waals surface area contributed by atoms with E-state index in [1.165, 1.54) is 44.1 Å². The molecule has 0 aliphatic heterocycles. The minimum absolute atomic E-state index is 0.986. The van der Waals surface area contributed by atoms with E-state index in [9.17, 15) is 0 Å². The van der Waals surface area contributed by atoms with Gasteiger partial charge in [-0.1, -0.05) is 116 Å². The van der Waals surface area contributed by atoms with Crippen molar-refractivity contribution in [3.8, 4) is 0 Å². The molecule has 0 heterocycles. The van der Waals surface area contributed by atoms with Crippen molar-refractivity contribution in [1.29, 1.82) is 0 Å². The molecule has 1 aliphatic carbocycles. The Bertz CT molecular complexity index is 279. The molecule has 0 amide bonds. The van der Waals surface area contributed by atoms with Gasteiger partial charge in [0.15, 0.2) is 0 Å². The van der Waals surface area contributed by atoms with Gasteiger partial charge in [-0.3, -0.25) is 0 Å². The van der Waals surface area contributed by atoms with Gasteiger partial charge in [0.2, 0.25) is 0 Å². The van der Waals surface area contributed by atoms with Gasteiger partial charge in [-0.25, -0.2) is 0 Å². The zero-order chi connectivity index (χ0) is 20.5. The Hall–Kier alpha value is -0.860. The molecule has 2 heteroatoms. The second-order valence-corrected chi connectivity index (χ2v) is 5.44. The zero-order valence-corrected chi connectivity index (χ0v) is 18.7. The topological polar surface area (TPSA) is 40.5 Å². The molecule has 1 saturated carbocycles. The van der Waals surface area contributed by atoms with Crippen LogP contribution in [0.4, 0.5) is 0 Å². The number of rotatable bonds is 2. The molecule has 1 aromatic rings. The Balaban J connectivity index is -0.000000129. The first-order valence-electron chi connectivity index (χ1n) is 10.1. The third-order valence-corrected chi connectivity index (χ3v) is 4.04. The van der Waals surface area contributed by atoms with Crippen LogP contribution in [0.5, 0.6) is 0 Å². The first-order chi connectivity index (χ1) is 12.2. The van der Waals surface area contributed by atoms with Crippen LogP contribution in [0, 0.1) is 18.8 Å². The van der Waals surface area contributed by atoms with Gasteiger partial charge < -0.3 is 10.2 Å². The van der Waals surface area contributed by atoms with E-state index < -0.39 is 0 Å². The van der Waals surface area contributed by atoms with Crippen LogP contribution in [-0.2, 0) is 0 Å². The van der Waals surface area contributed by atoms with Crippen molar-refractivity contribution >= 4 is 0 Å². The zero-order valence-electron chi connectivity index (χ0n) is 18.7. The van der Waals surface area contributed by atoms with Crippen LogP contribution < -0.4 is 0 Å². The maximum absolute atomic E-state index is 7.00. The third kappa shape index (κ3) is 23.1. The Morgan fingerprint density at radius 1 is 0.840 bits per heavy atom. The van der Waals surface area contributed by atoms with Crippen molar-refractivity contribution in [3.05, 3.63) is 35.9 Å². The monoisotopic (exact) mass is 356 g/mol. The summed E-state index contributed by atoms with van der Waals surface area (Å²) in [5.41, 5.74) is 1.32. The molecular weight excluding hydrogens is 308 g/mol. The quantitative estimate of drug-likeness (QED) is 0.606. The molecular formula is C23H48O2. The van der Waals surface area contributed by atoms with Crippen molar-refractivity contribution in [2.45, 2.75) is 87.0 Å². The molecule has 0 aromatic heterocycles. The first kappa shape index (κ1) is 31.9. The molecule has 2 N–H and O–H groups in total. The number of aliphatic hydroxyl groups excluding tert-OH is 2. The average Bonchev–Trinajstić information content (AvgIpc) is 2.75. The second-order valence-electron chi connectivity index (χ2n) is 5.44. The van der Waals surface area contributed by atoms with Gasteiger partial charge >= 0.3 is 0 Å². The lowest BCUT2D eigenvalue weighted by Crippen LogP contribution is -2.14. The summed E-state index contributed by atoms with van der Waals surface area (Å²) in [7, 11) is 2.00. The summed E-state index contributed by atoms with van der Waals surface area (Å²) in [6, 6.07) is 10.3. The lowest BCUT2D eigenvalue weighted by molar-refractivity contribution is 0.258. The van der Waals surface area contributed by atoms with Crippen LogP contribution in [0.15, 0.2) is 30.3 Å². The van der Waals surface area contributed by atoms with Crippen LogP contribution in [-0.4, -0.2) is 24.4 Å². The molecule has 1 aliphatic rings. The fraction of sp³-hybridized carbons (Fsp3) is 0.739. The minimum atomic E-state index is 0.986. The average molecular weight is 357 g/mol. The highest BCUT2D eigenvalue weighted by atomic mass is 16.2. The number of aliphatic hydroxyl groups is 2. The molecule has 1 unspecified atom stereocenters. The Kier molecular flexibility index (Phi) is 39.5. The molecule has 0 radical (unpaired) electrons. The summed E-state index contributed by atoms with van der Waals surface area (Å²) in [6.45, 7) is 14.8. The maximum Gasteiger partial charge on any atom is 0.0319 e. The number of hydrogen-bond donors (Lipinski definition) is 2. The van der Waals surface area contributed by atoms with Crippen LogP contribution in [0.2, 0.25) is 0 Å². The van der Waals surface area contributed by atoms with E-state index in [0.29, 0.717) is 0 Å². The summed E-state index contributed by atoms with van der Waals surface area (Å²) in [4.78, 5) is 0. The van der Waals surface area contributed by atoms with Gasteiger partial charge in [-0.05, 0) is 18.8 Å². The molecule has 25 heavy (non-hydrogen) atoms. The van der Waals surface area contributed by atoms with Crippen LogP contribution >= 0.6 is 0 Å². The maximum atomic E-state index is 7.00. The Labute approximate surface area is 159 Å². The van der Waals surface area contributed by atoms with Gasteiger partial charge in [0, 0.05) is 14.2 Å². The molecule has 0 spiro atoms. The number of aryl methyl sites for hydroxylation is 1. The van der Waals surface area contributed by atoms with Crippen molar-refractivity contribution < 1.29 is 10.2 Å². The molecule has 0 bridgehead atoms. The molecule has 152 valence electrons. The summed E-state index contributed by atoms with van der Waals surface area (Å²) >= 11 is 0. The number of hydrogen-bond acceptors (Lipinski definition) is 2. The van der Waals surface area contributed by atoms with Crippen LogP contribution in [0.3, 0.4) is 0 Å². The SMILES string of the molecule is CC.CC.CCC(C)C1CCCCC1.CO.CO.Cc1ccccc1. The lowest BCUT2D eigenvalue weighted by atomic mass is 9.80. The van der Waals surface area contributed by atoms with E-state index in [0.717, 1.165) is 26.1 Å². The fourth-order valence-electron chi connectivity index (χ4n) is 2.57. The van der Waals surface area contributed by atoms with E-state index in [2.05, 4.69) is 32.9 Å². The van der Waals surface area contributed by atoms with Gasteiger partial charge in [0.05, 0.1) is 0 Å². The highest BCUT2D eigenvalue weighted by Crippen LogP contribution is 2.30. The smallest absolute Gasteiger partial charge is 0.0319 e. The van der Waals surface area contributed by atoms with Gasteiger partial charge in [-0.15, -0.1) is 0 Å². The van der Waals surface area contributed by atoms with Crippen molar-refractivity contribution in [2.75, 3.05) is 14.2 Å². The van der Waals surface area contributed by atoms with Gasteiger partial charge in [0.1, 0.15) is 0 Å². The normalized spacial score (nSPS) is 13.2. The highest BCUT2D eigenvalue weighted by Gasteiger charge is 2.17. The Morgan fingerprint density at radius 2 is 1.24 bits per heavy atom. The molecule has 1 aromatic carbocycles. The first-order valence-corrected chi connectivity index (χ1v) is 10.1. The van der Waals surface area contributed by atoms with Crippen LogP contribution in [0.1, 0.15) is 85.6 Å². The van der Waals surface area contributed by atoms with E-state index in [1.807, 2.05) is 45.9 Å². The third-order valence-electron chi connectivity index (χ3n) is 4.04. The van der Waals surface area contributed by atoms with Gasteiger partial charge in [-0.2, -0.15) is 0 Å². The molecule has 1 atom stereocenters. The van der Waals surface area contributed by atoms with E-state index >= 15 is 0 Å². The second kappa shape index (κ2) is 31.0. The largest absolute Gasteiger partial charge is 0.400 e. The summed E-state index contributed by atoms with van der Waals surface area (Å²) < 4.78 is 0. The molecule has 1 fully saturated rings. The van der Waals surface area contributed by atoms with Crippen LogP contribution in [0.25, 0.3) is 0 Å². The highest BCUT2D eigenvalue weighted by molar-refractivity contribution is 5.11. The van der Waals surface area contributed by atoms with E-state index in [-0.39, 0.29) is 0 Å². The lowest BCUT2D eigenvalue weighted by Gasteiger charge is -2.26. The number of benzene rings is 1. The van der Waals surface area contributed by atoms with E-state index in [4.69, 9.17) is 10.2 Å². The standard InChI is InChI=1S/C10H20.C7H8.2C2H6.2CH4O/c1-3-9(2)10-7-5-4-6-8-10;1-7-5-3-2-4-6-7;4*1-2/h9-10H,3-8H2,1-2H3;2-6H,1H3;2*1-2H3;2*2H,1H3. The molecule has 0 saturated heterocycles. The summed E-state index contributed by atoms with van der Waals surface area (Å²) in [6.07, 6.45) is 8.88. The van der Waals surface area contributed by atoms with Crippen molar-refractivity contribution in [3.63, 3.8) is 0 Å². The van der Waals surface area contributed by atoms with Gasteiger partial charge in [0.25, 0.3) is 0 Å². The van der Waals surface area contributed by atoms with Crippen molar-refractivity contribution in [1.82, 2.24) is 0 Å². The predicted octanol–water partition coefficient (Wildman–Crippen LogP) is 6.88. The minimum Gasteiger partial charge on any atom is -0.400 e.